The SMILES string of the molecule is CCN(CC(C)C)c1nc2ccccc2cc1C(N)=S. The number of anilines is 1. The Hall–Kier alpha value is -1.68. The fraction of sp³-hybridized carbons (Fsp3) is 0.375. The second-order valence-electron chi connectivity index (χ2n) is 5.35. The van der Waals surface area contributed by atoms with Crippen molar-refractivity contribution in [3.05, 3.63) is 35.9 Å². The van der Waals surface area contributed by atoms with Crippen molar-refractivity contribution < 1.29 is 0 Å². The molecule has 0 unspecified atom stereocenters. The van der Waals surface area contributed by atoms with Crippen LogP contribution < -0.4 is 10.6 Å². The van der Waals surface area contributed by atoms with E-state index in [1.807, 2.05) is 30.3 Å². The zero-order chi connectivity index (χ0) is 14.7. The molecule has 0 spiro atoms. The fourth-order valence-electron chi connectivity index (χ4n) is 2.33. The molecule has 1 aromatic heterocycles. The van der Waals surface area contributed by atoms with Gasteiger partial charge in [-0.15, -0.1) is 0 Å². The Morgan fingerprint density at radius 2 is 2.05 bits per heavy atom. The molecule has 0 aliphatic carbocycles. The third-order valence-corrected chi connectivity index (χ3v) is 3.46. The largest absolute Gasteiger partial charge is 0.389 e. The van der Waals surface area contributed by atoms with Crippen LogP contribution in [0.1, 0.15) is 26.3 Å². The van der Waals surface area contributed by atoms with Gasteiger partial charge in [0.15, 0.2) is 0 Å². The summed E-state index contributed by atoms with van der Waals surface area (Å²) in [6.07, 6.45) is 0. The molecular weight excluding hydrogens is 266 g/mol. The lowest BCUT2D eigenvalue weighted by Gasteiger charge is -2.26. The van der Waals surface area contributed by atoms with E-state index >= 15 is 0 Å². The maximum Gasteiger partial charge on any atom is 0.139 e. The van der Waals surface area contributed by atoms with Crippen molar-refractivity contribution in [2.45, 2.75) is 20.8 Å². The summed E-state index contributed by atoms with van der Waals surface area (Å²) in [6.45, 7) is 8.35. The number of pyridine rings is 1. The molecular formula is C16H21N3S. The van der Waals surface area contributed by atoms with Crippen molar-refractivity contribution in [1.29, 1.82) is 0 Å². The van der Waals surface area contributed by atoms with Crippen LogP contribution in [0.5, 0.6) is 0 Å². The van der Waals surface area contributed by atoms with E-state index in [0.717, 1.165) is 35.4 Å². The van der Waals surface area contributed by atoms with Crippen LogP contribution in [0.2, 0.25) is 0 Å². The first-order chi connectivity index (χ1) is 9.52. The molecule has 3 nitrogen and oxygen atoms in total. The average molecular weight is 287 g/mol. The first kappa shape index (κ1) is 14.7. The number of fused-ring (bicyclic) bond motifs is 1. The predicted molar refractivity (Wildman–Crippen MR) is 90.4 cm³/mol. The van der Waals surface area contributed by atoms with Gasteiger partial charge in [-0.2, -0.15) is 0 Å². The number of thiocarbonyl (C=S) groups is 1. The monoisotopic (exact) mass is 287 g/mol. The minimum atomic E-state index is 0.403. The number of hydrogen-bond donors (Lipinski definition) is 1. The zero-order valence-electron chi connectivity index (χ0n) is 12.3. The Bertz CT molecular complexity index is 622. The van der Waals surface area contributed by atoms with E-state index in [4.69, 9.17) is 22.9 Å². The summed E-state index contributed by atoms with van der Waals surface area (Å²) in [5, 5.41) is 1.07. The minimum Gasteiger partial charge on any atom is -0.389 e. The second-order valence-corrected chi connectivity index (χ2v) is 5.79. The Kier molecular flexibility index (Phi) is 4.55. The maximum atomic E-state index is 5.89. The van der Waals surface area contributed by atoms with Gasteiger partial charge in [0.2, 0.25) is 0 Å². The number of hydrogen-bond acceptors (Lipinski definition) is 3. The lowest BCUT2D eigenvalue weighted by atomic mass is 10.1. The van der Waals surface area contributed by atoms with Crippen LogP contribution in [-0.4, -0.2) is 23.1 Å². The Labute approximate surface area is 125 Å². The quantitative estimate of drug-likeness (QED) is 0.856. The number of nitrogens with two attached hydrogens (primary N) is 1. The molecule has 0 aliphatic rings. The maximum absolute atomic E-state index is 5.89. The minimum absolute atomic E-state index is 0.403. The normalized spacial score (nSPS) is 11.0. The van der Waals surface area contributed by atoms with Gasteiger partial charge in [0.05, 0.1) is 11.1 Å². The number of para-hydroxylation sites is 1. The zero-order valence-corrected chi connectivity index (χ0v) is 13.1. The topological polar surface area (TPSA) is 42.2 Å². The molecule has 0 aliphatic heterocycles. The van der Waals surface area contributed by atoms with Crippen LogP contribution in [0.25, 0.3) is 10.9 Å². The lowest BCUT2D eigenvalue weighted by molar-refractivity contribution is 0.615. The Morgan fingerprint density at radius 3 is 2.65 bits per heavy atom. The fourth-order valence-corrected chi connectivity index (χ4v) is 2.48. The van der Waals surface area contributed by atoms with E-state index in [2.05, 4.69) is 25.7 Å². The van der Waals surface area contributed by atoms with Crippen LogP contribution in [0.15, 0.2) is 30.3 Å². The van der Waals surface area contributed by atoms with Crippen molar-refractivity contribution in [1.82, 2.24) is 4.98 Å². The molecule has 1 aromatic carbocycles. The van der Waals surface area contributed by atoms with E-state index < -0.39 is 0 Å². The molecule has 2 aromatic rings. The van der Waals surface area contributed by atoms with Gasteiger partial charge >= 0.3 is 0 Å². The van der Waals surface area contributed by atoms with Crippen LogP contribution in [-0.2, 0) is 0 Å². The van der Waals surface area contributed by atoms with Crippen molar-refractivity contribution >= 4 is 33.9 Å². The molecule has 0 radical (unpaired) electrons. The van der Waals surface area contributed by atoms with Crippen molar-refractivity contribution in [3.8, 4) is 0 Å². The molecule has 106 valence electrons. The molecule has 1 heterocycles. The molecule has 2 rings (SSSR count). The summed E-state index contributed by atoms with van der Waals surface area (Å²) >= 11 is 5.20. The third kappa shape index (κ3) is 3.07. The molecule has 0 fully saturated rings. The highest BCUT2D eigenvalue weighted by molar-refractivity contribution is 7.80. The summed E-state index contributed by atoms with van der Waals surface area (Å²) in [5.74, 6) is 1.45. The molecule has 0 saturated carbocycles. The number of nitrogens with zero attached hydrogens (tertiary/aromatic N) is 2. The first-order valence-corrected chi connectivity index (χ1v) is 7.38. The summed E-state index contributed by atoms with van der Waals surface area (Å²) in [6, 6.07) is 10.1. The summed E-state index contributed by atoms with van der Waals surface area (Å²) < 4.78 is 0. The molecule has 0 atom stereocenters. The average Bonchev–Trinajstić information content (AvgIpc) is 2.43. The first-order valence-electron chi connectivity index (χ1n) is 6.97. The Balaban J connectivity index is 2.59. The van der Waals surface area contributed by atoms with Gasteiger partial charge in [-0.1, -0.05) is 44.3 Å². The van der Waals surface area contributed by atoms with E-state index in [9.17, 15) is 0 Å². The van der Waals surface area contributed by atoms with Gasteiger partial charge in [0, 0.05) is 18.5 Å². The van der Waals surface area contributed by atoms with E-state index in [0.29, 0.717) is 10.9 Å². The molecule has 0 bridgehead atoms. The van der Waals surface area contributed by atoms with Crippen molar-refractivity contribution in [3.63, 3.8) is 0 Å². The smallest absolute Gasteiger partial charge is 0.139 e. The van der Waals surface area contributed by atoms with Crippen LogP contribution in [0.3, 0.4) is 0 Å². The Morgan fingerprint density at radius 1 is 1.35 bits per heavy atom. The molecule has 4 heteroatoms. The van der Waals surface area contributed by atoms with Crippen LogP contribution in [0, 0.1) is 5.92 Å². The van der Waals surface area contributed by atoms with Crippen LogP contribution >= 0.6 is 12.2 Å². The summed E-state index contributed by atoms with van der Waals surface area (Å²) in [4.78, 5) is 7.42. The van der Waals surface area contributed by atoms with Crippen molar-refractivity contribution in [2.24, 2.45) is 11.7 Å². The lowest BCUT2D eigenvalue weighted by Crippen LogP contribution is -2.30. The summed E-state index contributed by atoms with van der Waals surface area (Å²) in [7, 11) is 0. The molecule has 0 saturated heterocycles. The highest BCUT2D eigenvalue weighted by atomic mass is 32.1. The number of benzene rings is 1. The van der Waals surface area contributed by atoms with Gasteiger partial charge in [-0.25, -0.2) is 4.98 Å². The summed E-state index contributed by atoms with van der Waals surface area (Å²) in [5.41, 5.74) is 7.73. The van der Waals surface area contributed by atoms with Gasteiger partial charge in [-0.3, -0.25) is 0 Å². The highest BCUT2D eigenvalue weighted by Crippen LogP contribution is 2.24. The molecule has 0 amide bonds. The standard InChI is InChI=1S/C16H21N3S/c1-4-19(10-11(2)3)16-13(15(17)20)9-12-7-5-6-8-14(12)18-16/h5-9,11H,4,10H2,1-3H3,(H2,17,20). The van der Waals surface area contributed by atoms with Crippen molar-refractivity contribution in [2.75, 3.05) is 18.0 Å². The van der Waals surface area contributed by atoms with Gasteiger partial charge < -0.3 is 10.6 Å². The molecule has 2 N–H and O–H groups in total. The van der Waals surface area contributed by atoms with Crippen LogP contribution in [0.4, 0.5) is 5.82 Å². The van der Waals surface area contributed by atoms with Gasteiger partial charge in [-0.05, 0) is 25.0 Å². The highest BCUT2D eigenvalue weighted by Gasteiger charge is 2.15. The number of aromatic nitrogens is 1. The van der Waals surface area contributed by atoms with E-state index in [1.54, 1.807) is 0 Å². The van der Waals surface area contributed by atoms with Gasteiger partial charge in [0.25, 0.3) is 0 Å². The van der Waals surface area contributed by atoms with E-state index in [-0.39, 0.29) is 0 Å². The van der Waals surface area contributed by atoms with Gasteiger partial charge in [0.1, 0.15) is 10.8 Å². The molecule has 20 heavy (non-hydrogen) atoms. The van der Waals surface area contributed by atoms with E-state index in [1.165, 1.54) is 0 Å². The number of rotatable bonds is 5. The predicted octanol–water partition coefficient (Wildman–Crippen LogP) is 3.35. The third-order valence-electron chi connectivity index (χ3n) is 3.24. The second kappa shape index (κ2) is 6.18.